The second kappa shape index (κ2) is 6.91. The lowest BCUT2D eigenvalue weighted by molar-refractivity contribution is -0.165. The molecule has 2 amide bonds. The van der Waals surface area contributed by atoms with Gasteiger partial charge in [-0.25, -0.2) is 4.98 Å². The van der Waals surface area contributed by atoms with Gasteiger partial charge in [-0.2, -0.15) is 4.98 Å². The average Bonchev–Trinajstić information content (AvgIpc) is 2.68. The lowest BCUT2D eigenvalue weighted by Gasteiger charge is -2.64. The number of nitrogens with zero attached hydrogens (tertiary/aromatic N) is 2. The first-order valence-electron chi connectivity index (χ1n) is 14.3. The highest BCUT2D eigenvalue weighted by Gasteiger charge is 2.64. The minimum Gasteiger partial charge on any atom is -0.310 e. The van der Waals surface area contributed by atoms with Gasteiger partial charge in [0.25, 0.3) is 0 Å². The first-order valence-corrected chi connectivity index (χ1v) is 14.3. The maximum atomic E-state index is 13.7. The fourth-order valence-corrected chi connectivity index (χ4v) is 12.4. The first kappa shape index (κ1) is 23.2. The summed E-state index contributed by atoms with van der Waals surface area (Å²) in [7, 11) is 0. The number of amides is 2. The maximum absolute atomic E-state index is 13.7. The predicted molar refractivity (Wildman–Crippen MR) is 139 cm³/mol. The molecule has 9 rings (SSSR count). The van der Waals surface area contributed by atoms with Crippen LogP contribution in [-0.2, 0) is 9.59 Å². The van der Waals surface area contributed by atoms with Crippen LogP contribution in [0.2, 0.25) is 0 Å². The number of carbonyl (C=O) groups is 2. The summed E-state index contributed by atoms with van der Waals surface area (Å²) < 4.78 is 0. The smallest absolute Gasteiger partial charge is 0.232 e. The molecule has 6 heteroatoms. The Bertz CT molecular complexity index is 1040. The lowest BCUT2D eigenvalue weighted by atomic mass is 9.40. The molecule has 8 bridgehead atoms. The maximum Gasteiger partial charge on any atom is 0.232 e. The van der Waals surface area contributed by atoms with Gasteiger partial charge in [0.1, 0.15) is 5.82 Å². The van der Waals surface area contributed by atoms with E-state index in [1.807, 2.05) is 0 Å². The van der Waals surface area contributed by atoms with E-state index in [0.717, 1.165) is 38.5 Å². The van der Waals surface area contributed by atoms with Gasteiger partial charge in [-0.15, -0.1) is 0 Å². The zero-order valence-corrected chi connectivity index (χ0v) is 22.5. The molecule has 6 nitrogen and oxygen atoms in total. The van der Waals surface area contributed by atoms with Crippen LogP contribution in [0.3, 0.4) is 0 Å². The van der Waals surface area contributed by atoms with Gasteiger partial charge in [0.2, 0.25) is 17.8 Å². The topological polar surface area (TPSA) is 84.0 Å². The van der Waals surface area contributed by atoms with Crippen molar-refractivity contribution < 1.29 is 9.59 Å². The third-order valence-electron chi connectivity index (χ3n) is 11.3. The molecule has 1 aromatic heterocycles. The van der Waals surface area contributed by atoms with Gasteiger partial charge in [-0.05, 0) is 117 Å². The largest absolute Gasteiger partial charge is 0.310 e. The molecule has 4 atom stereocenters. The van der Waals surface area contributed by atoms with Crippen LogP contribution in [-0.4, -0.2) is 21.8 Å². The van der Waals surface area contributed by atoms with E-state index in [4.69, 9.17) is 0 Å². The van der Waals surface area contributed by atoms with E-state index in [1.54, 1.807) is 12.3 Å². The number of hydrogen-bond acceptors (Lipinski definition) is 4. The fourth-order valence-electron chi connectivity index (χ4n) is 12.4. The van der Waals surface area contributed by atoms with E-state index in [-0.39, 0.29) is 44.3 Å². The Morgan fingerprint density at radius 3 is 1.58 bits per heavy atom. The number of nitrogens with one attached hydrogen (secondary N) is 2. The van der Waals surface area contributed by atoms with Gasteiger partial charge in [-0.1, -0.05) is 27.7 Å². The van der Waals surface area contributed by atoms with Gasteiger partial charge in [0.05, 0.1) is 10.8 Å². The van der Waals surface area contributed by atoms with Crippen molar-refractivity contribution in [1.82, 2.24) is 9.97 Å². The monoisotopic (exact) mass is 490 g/mol. The summed E-state index contributed by atoms with van der Waals surface area (Å²) in [4.78, 5) is 36.4. The number of aromatic nitrogens is 2. The lowest BCUT2D eigenvalue weighted by Crippen LogP contribution is -2.59. The Kier molecular flexibility index (Phi) is 4.44. The van der Waals surface area contributed by atoms with Crippen molar-refractivity contribution >= 4 is 23.6 Å². The van der Waals surface area contributed by atoms with Gasteiger partial charge in [0, 0.05) is 6.20 Å². The molecule has 1 aromatic rings. The van der Waals surface area contributed by atoms with Crippen molar-refractivity contribution in [2.24, 2.45) is 44.3 Å². The molecular formula is C30H42N4O2. The number of rotatable bonds is 4. The summed E-state index contributed by atoms with van der Waals surface area (Å²) in [6.07, 6.45) is 15.1. The van der Waals surface area contributed by atoms with Crippen molar-refractivity contribution in [2.75, 3.05) is 10.6 Å². The summed E-state index contributed by atoms with van der Waals surface area (Å²) in [6, 6.07) is 1.75. The summed E-state index contributed by atoms with van der Waals surface area (Å²) in [6.45, 7) is 9.55. The Hall–Kier alpha value is -1.98. The highest BCUT2D eigenvalue weighted by molar-refractivity contribution is 5.96. The van der Waals surface area contributed by atoms with E-state index in [2.05, 4.69) is 48.3 Å². The first-order chi connectivity index (χ1) is 16.8. The molecule has 0 aliphatic heterocycles. The van der Waals surface area contributed by atoms with Crippen LogP contribution in [0, 0.1) is 44.3 Å². The van der Waals surface area contributed by atoms with E-state index in [9.17, 15) is 9.59 Å². The van der Waals surface area contributed by atoms with Crippen LogP contribution in [0.5, 0.6) is 0 Å². The van der Waals surface area contributed by atoms with Crippen LogP contribution < -0.4 is 10.6 Å². The summed E-state index contributed by atoms with van der Waals surface area (Å²) in [5.74, 6) is 2.31. The van der Waals surface area contributed by atoms with Gasteiger partial charge in [-0.3, -0.25) is 14.9 Å². The molecule has 4 unspecified atom stereocenters. The van der Waals surface area contributed by atoms with Crippen molar-refractivity contribution in [3.8, 4) is 0 Å². The van der Waals surface area contributed by atoms with E-state index >= 15 is 0 Å². The summed E-state index contributed by atoms with van der Waals surface area (Å²) in [5.41, 5.74) is 0.501. The van der Waals surface area contributed by atoms with Crippen LogP contribution in [0.15, 0.2) is 12.3 Å². The summed E-state index contributed by atoms with van der Waals surface area (Å²) in [5, 5.41) is 6.24. The number of hydrogen-bond donors (Lipinski definition) is 2. The van der Waals surface area contributed by atoms with Crippen molar-refractivity contribution in [3.63, 3.8) is 0 Å². The number of carbonyl (C=O) groups excluding carboxylic acids is 2. The zero-order valence-electron chi connectivity index (χ0n) is 22.5. The second-order valence-electron chi connectivity index (χ2n) is 16.0. The van der Waals surface area contributed by atoms with Gasteiger partial charge >= 0.3 is 0 Å². The molecule has 0 saturated heterocycles. The molecule has 36 heavy (non-hydrogen) atoms. The van der Waals surface area contributed by atoms with E-state index < -0.39 is 0 Å². The molecule has 194 valence electrons. The Morgan fingerprint density at radius 1 is 0.694 bits per heavy atom. The van der Waals surface area contributed by atoms with Crippen molar-refractivity contribution in [2.45, 2.75) is 105 Å². The standard InChI is InChI=1S/C30H42N4O2/c1-25-7-19-8-26(2,13-25)16-29(11-19,15-25)22(35)32-21-5-6-31-24(33-21)34-23(36)30-12-20-9-27(3,17-30)14-28(4,10-20)18-30/h5-6,19-20H,7-18H2,1-4H3,(H2,31,32,33,34,35,36). The average molecular weight is 491 g/mol. The molecule has 0 aromatic carbocycles. The molecule has 0 radical (unpaired) electrons. The number of anilines is 2. The molecule has 2 N–H and O–H groups in total. The molecule has 8 aliphatic carbocycles. The third-order valence-corrected chi connectivity index (χ3v) is 11.3. The minimum atomic E-state index is -0.310. The van der Waals surface area contributed by atoms with Crippen LogP contribution in [0.25, 0.3) is 0 Å². The Balaban J connectivity index is 1.09. The van der Waals surface area contributed by atoms with E-state index in [0.29, 0.717) is 23.6 Å². The molecule has 8 aliphatic rings. The predicted octanol–water partition coefficient (Wildman–Crippen LogP) is 6.35. The molecule has 0 spiro atoms. The quantitative estimate of drug-likeness (QED) is 0.515. The third kappa shape index (κ3) is 3.49. The van der Waals surface area contributed by atoms with Crippen molar-refractivity contribution in [3.05, 3.63) is 12.3 Å². The highest BCUT2D eigenvalue weighted by Crippen LogP contribution is 2.71. The van der Waals surface area contributed by atoms with Crippen molar-refractivity contribution in [1.29, 1.82) is 0 Å². The van der Waals surface area contributed by atoms with Crippen LogP contribution >= 0.6 is 0 Å². The molecule has 1 heterocycles. The molecule has 8 fully saturated rings. The SMILES string of the molecule is CC12CC3CC(C)(C1)CC(C(=O)Nc1ccnc(NC(=O)C45CC6CC(C)(CC(C)(C6)C4)C5)n1)(C3)C2. The fraction of sp³-hybridized carbons (Fsp3) is 0.800. The Labute approximate surface area is 215 Å². The normalized spacial score (nSPS) is 49.8. The Morgan fingerprint density at radius 2 is 1.14 bits per heavy atom. The second-order valence-corrected chi connectivity index (χ2v) is 16.0. The summed E-state index contributed by atoms with van der Waals surface area (Å²) >= 11 is 0. The highest BCUT2D eigenvalue weighted by atomic mass is 16.2. The molecule has 8 saturated carbocycles. The van der Waals surface area contributed by atoms with Gasteiger partial charge in [0.15, 0.2) is 0 Å². The van der Waals surface area contributed by atoms with Crippen LogP contribution in [0.4, 0.5) is 11.8 Å². The minimum absolute atomic E-state index is 0.0782. The van der Waals surface area contributed by atoms with Gasteiger partial charge < -0.3 is 5.32 Å². The van der Waals surface area contributed by atoms with Crippen LogP contribution in [0.1, 0.15) is 105 Å². The molecular weight excluding hydrogens is 448 g/mol. The van der Waals surface area contributed by atoms with E-state index in [1.165, 1.54) is 38.5 Å². The zero-order chi connectivity index (χ0) is 25.2.